The van der Waals surface area contributed by atoms with Gasteiger partial charge in [-0.3, -0.25) is 4.90 Å². The van der Waals surface area contributed by atoms with Crippen molar-refractivity contribution >= 4 is 29.9 Å². The Bertz CT molecular complexity index is 577. The quantitative estimate of drug-likeness (QED) is 0.304. The fourth-order valence-corrected chi connectivity index (χ4v) is 3.56. The summed E-state index contributed by atoms with van der Waals surface area (Å²) >= 11 is 0. The summed E-state index contributed by atoms with van der Waals surface area (Å²) in [4.78, 5) is 7.15. The van der Waals surface area contributed by atoms with Crippen molar-refractivity contribution in [2.45, 2.75) is 72.0 Å². The summed E-state index contributed by atoms with van der Waals surface area (Å²) in [6, 6.07) is 2.91. The molecule has 2 rings (SSSR count). The van der Waals surface area contributed by atoms with Crippen LogP contribution < -0.4 is 10.6 Å². The van der Waals surface area contributed by atoms with Crippen molar-refractivity contribution in [3.8, 4) is 0 Å². The summed E-state index contributed by atoms with van der Waals surface area (Å²) in [5.41, 5.74) is 1.04. The van der Waals surface area contributed by atoms with E-state index in [1.807, 2.05) is 6.07 Å². The van der Waals surface area contributed by atoms with Crippen molar-refractivity contribution in [2.24, 2.45) is 4.99 Å². The lowest BCUT2D eigenvalue weighted by molar-refractivity contribution is -0.0174. The molecule has 0 amide bonds. The van der Waals surface area contributed by atoms with Crippen LogP contribution in [0.25, 0.3) is 0 Å². The first-order chi connectivity index (χ1) is 13.1. The molecule has 0 saturated carbocycles. The van der Waals surface area contributed by atoms with Gasteiger partial charge in [-0.1, -0.05) is 19.0 Å². The Morgan fingerprint density at radius 1 is 1.32 bits per heavy atom. The maximum atomic E-state index is 5.53. The number of rotatable bonds is 9. The Morgan fingerprint density at radius 3 is 2.71 bits per heavy atom. The van der Waals surface area contributed by atoms with Gasteiger partial charge in [0.05, 0.1) is 18.9 Å². The largest absolute Gasteiger partial charge is 0.379 e. The van der Waals surface area contributed by atoms with E-state index in [-0.39, 0.29) is 24.0 Å². The molecule has 1 saturated heterocycles. The molecule has 0 aliphatic carbocycles. The number of hydrogen-bond donors (Lipinski definition) is 2. The zero-order valence-corrected chi connectivity index (χ0v) is 20.4. The number of aliphatic imine (C=N–C) groups is 1. The summed E-state index contributed by atoms with van der Waals surface area (Å²) < 4.78 is 11.0. The summed E-state index contributed by atoms with van der Waals surface area (Å²) in [6.45, 7) is 15.7. The van der Waals surface area contributed by atoms with Gasteiger partial charge in [-0.2, -0.15) is 0 Å². The first-order valence-electron chi connectivity index (χ1n) is 10.4. The second-order valence-corrected chi connectivity index (χ2v) is 7.32. The Kier molecular flexibility index (Phi) is 12.0. The van der Waals surface area contributed by atoms with Crippen molar-refractivity contribution in [3.63, 3.8) is 0 Å². The fraction of sp³-hybridized carbons (Fsp3) is 0.800. The van der Waals surface area contributed by atoms with E-state index in [4.69, 9.17) is 9.26 Å². The van der Waals surface area contributed by atoms with Crippen molar-refractivity contribution in [2.75, 3.05) is 32.8 Å². The first-order valence-corrected chi connectivity index (χ1v) is 10.4. The van der Waals surface area contributed by atoms with E-state index in [1.54, 1.807) is 0 Å². The predicted octanol–water partition coefficient (Wildman–Crippen LogP) is 3.36. The molecule has 8 heteroatoms. The lowest BCUT2D eigenvalue weighted by Gasteiger charge is -2.38. The van der Waals surface area contributed by atoms with Crippen LogP contribution in [0.4, 0.5) is 0 Å². The lowest BCUT2D eigenvalue weighted by atomic mass is 9.99. The average molecular weight is 507 g/mol. The van der Waals surface area contributed by atoms with Gasteiger partial charge >= 0.3 is 0 Å². The van der Waals surface area contributed by atoms with Crippen LogP contribution in [-0.4, -0.2) is 60.9 Å². The van der Waals surface area contributed by atoms with Crippen molar-refractivity contribution < 1.29 is 9.26 Å². The molecular formula is C20H38IN5O2. The normalized spacial score (nSPS) is 19.4. The van der Waals surface area contributed by atoms with Crippen LogP contribution in [0.3, 0.4) is 0 Å². The van der Waals surface area contributed by atoms with Crippen LogP contribution in [0.1, 0.15) is 64.8 Å². The number of nitrogens with one attached hydrogen (secondary N) is 2. The van der Waals surface area contributed by atoms with Crippen molar-refractivity contribution in [1.29, 1.82) is 0 Å². The smallest absolute Gasteiger partial charge is 0.191 e. The minimum Gasteiger partial charge on any atom is -0.379 e. The zero-order chi connectivity index (χ0) is 19.6. The number of aromatic nitrogens is 1. The summed E-state index contributed by atoms with van der Waals surface area (Å²) in [5, 5.41) is 11.0. The molecule has 0 radical (unpaired) electrons. The van der Waals surface area contributed by atoms with E-state index in [1.165, 1.54) is 0 Å². The van der Waals surface area contributed by atoms with E-state index >= 15 is 0 Å². The van der Waals surface area contributed by atoms with Crippen LogP contribution in [0.2, 0.25) is 0 Å². The predicted molar refractivity (Wildman–Crippen MR) is 125 cm³/mol. The molecule has 1 aliphatic heterocycles. The maximum Gasteiger partial charge on any atom is 0.191 e. The standard InChI is InChI=1S/C20H37N5O2.HI/c1-6-17(7-2)19-11-18(27-24-19)13-23-20(21-8-3)22-12-15(4)25-9-10-26-14-16(25)5;/h11,15-17H,6-10,12-14H2,1-5H3,(H2,21,22,23);1H. The first kappa shape index (κ1) is 25.2. The maximum absolute atomic E-state index is 5.53. The third-order valence-corrected chi connectivity index (χ3v) is 5.27. The Labute approximate surface area is 187 Å². The molecule has 2 N–H and O–H groups in total. The molecule has 2 unspecified atom stereocenters. The van der Waals surface area contributed by atoms with Crippen LogP contribution in [0.15, 0.2) is 15.6 Å². The highest BCUT2D eigenvalue weighted by molar-refractivity contribution is 14.0. The van der Waals surface area contributed by atoms with Gasteiger partial charge in [0.15, 0.2) is 11.7 Å². The number of guanidine groups is 1. The van der Waals surface area contributed by atoms with Gasteiger partial charge in [0, 0.05) is 43.7 Å². The summed E-state index contributed by atoms with van der Waals surface area (Å²) in [7, 11) is 0. The molecule has 0 spiro atoms. The monoisotopic (exact) mass is 507 g/mol. The van der Waals surface area contributed by atoms with Gasteiger partial charge in [0.25, 0.3) is 0 Å². The van der Waals surface area contributed by atoms with Gasteiger partial charge in [0.2, 0.25) is 0 Å². The van der Waals surface area contributed by atoms with Gasteiger partial charge in [-0.25, -0.2) is 4.99 Å². The molecule has 1 aromatic rings. The minimum absolute atomic E-state index is 0. The lowest BCUT2D eigenvalue weighted by Crippen LogP contribution is -2.53. The van der Waals surface area contributed by atoms with Crippen LogP contribution in [-0.2, 0) is 11.3 Å². The second-order valence-electron chi connectivity index (χ2n) is 7.32. The molecule has 0 bridgehead atoms. The number of halogens is 1. The minimum atomic E-state index is 0. The molecule has 0 aromatic carbocycles. The summed E-state index contributed by atoms with van der Waals surface area (Å²) in [5.74, 6) is 2.09. The average Bonchev–Trinajstić information content (AvgIpc) is 3.14. The molecule has 2 atom stereocenters. The molecule has 2 heterocycles. The summed E-state index contributed by atoms with van der Waals surface area (Å²) in [6.07, 6.45) is 2.15. The highest BCUT2D eigenvalue weighted by atomic mass is 127. The topological polar surface area (TPSA) is 74.9 Å². The fourth-order valence-electron chi connectivity index (χ4n) is 3.56. The molecule has 1 aromatic heterocycles. The molecule has 1 aliphatic rings. The van der Waals surface area contributed by atoms with Crippen LogP contribution in [0.5, 0.6) is 0 Å². The number of hydrogen-bond acceptors (Lipinski definition) is 5. The third kappa shape index (κ3) is 7.51. The highest BCUT2D eigenvalue weighted by Gasteiger charge is 2.23. The van der Waals surface area contributed by atoms with Gasteiger partial charge in [-0.15, -0.1) is 24.0 Å². The molecular weight excluding hydrogens is 469 g/mol. The van der Waals surface area contributed by atoms with Crippen LogP contribution in [0, 0.1) is 0 Å². The van der Waals surface area contributed by atoms with E-state index < -0.39 is 0 Å². The third-order valence-electron chi connectivity index (χ3n) is 5.27. The van der Waals surface area contributed by atoms with Gasteiger partial charge in [-0.05, 0) is 33.6 Å². The second kappa shape index (κ2) is 13.4. The van der Waals surface area contributed by atoms with Crippen molar-refractivity contribution in [3.05, 3.63) is 17.5 Å². The number of morpholine rings is 1. The Hall–Kier alpha value is -0.870. The van der Waals surface area contributed by atoms with Gasteiger partial charge in [0.1, 0.15) is 6.54 Å². The van der Waals surface area contributed by atoms with E-state index in [9.17, 15) is 0 Å². The molecule has 7 nitrogen and oxygen atoms in total. The Morgan fingerprint density at radius 2 is 2.07 bits per heavy atom. The number of nitrogens with zero attached hydrogens (tertiary/aromatic N) is 3. The zero-order valence-electron chi connectivity index (χ0n) is 18.0. The molecule has 162 valence electrons. The molecule has 1 fully saturated rings. The highest BCUT2D eigenvalue weighted by Crippen LogP contribution is 2.22. The Balaban J connectivity index is 0.00000392. The van der Waals surface area contributed by atoms with E-state index in [0.717, 1.165) is 63.1 Å². The van der Waals surface area contributed by atoms with E-state index in [0.29, 0.717) is 24.5 Å². The SMILES string of the molecule is CCNC(=NCc1cc(C(CC)CC)no1)NCC(C)N1CCOCC1C.I. The van der Waals surface area contributed by atoms with Gasteiger partial charge < -0.3 is 19.9 Å². The number of ether oxygens (including phenoxy) is 1. The molecule has 28 heavy (non-hydrogen) atoms. The van der Waals surface area contributed by atoms with Crippen molar-refractivity contribution in [1.82, 2.24) is 20.7 Å². The van der Waals surface area contributed by atoms with Crippen LogP contribution >= 0.6 is 24.0 Å². The van der Waals surface area contributed by atoms with E-state index in [2.05, 4.69) is 60.3 Å².